The van der Waals surface area contributed by atoms with Crippen molar-refractivity contribution in [2.45, 2.75) is 17.7 Å². The Labute approximate surface area is 184 Å². The van der Waals surface area contributed by atoms with Crippen molar-refractivity contribution in [1.29, 1.82) is 0 Å². The van der Waals surface area contributed by atoms with Gasteiger partial charge in [-0.25, -0.2) is 12.4 Å². The molecule has 2 N–H and O–H groups in total. The standard InChI is InChI=1S/C22H19N5O4S/c28-20(13-21(29)22-23-25-26-24-22)19-15-27(32(30,31)18-9-5-2-6-10-18)14-17(19)12-11-16-7-3-1-4-8-16/h1-10,13-15,28H,11-12H2,(H,23,24,25,26). The number of carbonyl (C=O) groups is 1. The zero-order valence-corrected chi connectivity index (χ0v) is 17.6. The molecule has 9 nitrogen and oxygen atoms in total. The quantitative estimate of drug-likeness (QED) is 0.240. The van der Waals surface area contributed by atoms with Gasteiger partial charge in [-0.15, -0.1) is 10.2 Å². The first kappa shape index (κ1) is 21.2. The number of allylic oxidation sites excluding steroid dienone is 1. The van der Waals surface area contributed by atoms with Crippen molar-refractivity contribution in [3.8, 4) is 0 Å². The Hall–Kier alpha value is -4.05. The van der Waals surface area contributed by atoms with E-state index in [1.807, 2.05) is 30.3 Å². The molecule has 0 bridgehead atoms. The maximum Gasteiger partial charge on any atom is 0.267 e. The van der Waals surface area contributed by atoms with E-state index in [0.717, 1.165) is 15.6 Å². The van der Waals surface area contributed by atoms with Crippen LogP contribution in [0.4, 0.5) is 0 Å². The molecule has 0 aliphatic carbocycles. The largest absolute Gasteiger partial charge is 0.507 e. The Kier molecular flexibility index (Phi) is 5.95. The van der Waals surface area contributed by atoms with Gasteiger partial charge in [0.05, 0.1) is 4.90 Å². The van der Waals surface area contributed by atoms with E-state index in [-0.39, 0.29) is 22.0 Å². The van der Waals surface area contributed by atoms with E-state index >= 15 is 0 Å². The Morgan fingerprint density at radius 3 is 2.34 bits per heavy atom. The van der Waals surface area contributed by atoms with E-state index < -0.39 is 15.8 Å². The number of aromatic nitrogens is 5. The summed E-state index contributed by atoms with van der Waals surface area (Å²) < 4.78 is 27.2. The van der Waals surface area contributed by atoms with Crippen LogP contribution in [-0.4, -0.2) is 43.9 Å². The van der Waals surface area contributed by atoms with Gasteiger partial charge in [-0.05, 0) is 41.3 Å². The number of hydrogen-bond donors (Lipinski definition) is 2. The van der Waals surface area contributed by atoms with Gasteiger partial charge >= 0.3 is 0 Å². The van der Waals surface area contributed by atoms with Gasteiger partial charge in [0.2, 0.25) is 11.6 Å². The lowest BCUT2D eigenvalue weighted by Crippen LogP contribution is -2.10. The smallest absolute Gasteiger partial charge is 0.267 e. The molecule has 4 aromatic rings. The lowest BCUT2D eigenvalue weighted by atomic mass is 10.0. The zero-order valence-electron chi connectivity index (χ0n) is 16.8. The number of nitrogens with zero attached hydrogens (tertiary/aromatic N) is 4. The predicted molar refractivity (Wildman–Crippen MR) is 116 cm³/mol. The molecule has 0 unspecified atom stereocenters. The SMILES string of the molecule is O=C(C=C(O)c1cn(S(=O)(=O)c2ccccc2)cc1CCc1ccccc1)c1nn[nH]n1. The number of rotatable bonds is 8. The van der Waals surface area contributed by atoms with Crippen LogP contribution in [0.1, 0.15) is 27.3 Å². The van der Waals surface area contributed by atoms with Crippen molar-refractivity contribution in [2.24, 2.45) is 0 Å². The number of nitrogens with one attached hydrogen (secondary N) is 1. The van der Waals surface area contributed by atoms with Gasteiger partial charge in [0, 0.05) is 24.0 Å². The van der Waals surface area contributed by atoms with Gasteiger partial charge < -0.3 is 5.11 Å². The molecule has 0 radical (unpaired) electrons. The van der Waals surface area contributed by atoms with Gasteiger partial charge in [0.15, 0.2) is 0 Å². The fraction of sp³-hybridized carbons (Fsp3) is 0.0909. The molecule has 0 fully saturated rings. The Balaban J connectivity index is 1.72. The van der Waals surface area contributed by atoms with Crippen molar-refractivity contribution in [2.75, 3.05) is 0 Å². The minimum atomic E-state index is -3.88. The molecule has 4 rings (SSSR count). The van der Waals surface area contributed by atoms with Crippen molar-refractivity contribution in [3.63, 3.8) is 0 Å². The molecule has 2 aromatic heterocycles. The van der Waals surface area contributed by atoms with Crippen LogP contribution >= 0.6 is 0 Å². The number of benzene rings is 2. The lowest BCUT2D eigenvalue weighted by Gasteiger charge is -2.05. The second kappa shape index (κ2) is 8.98. The lowest BCUT2D eigenvalue weighted by molar-refractivity contribution is 0.103. The highest BCUT2D eigenvalue weighted by atomic mass is 32.2. The van der Waals surface area contributed by atoms with Crippen molar-refractivity contribution in [1.82, 2.24) is 24.6 Å². The molecule has 0 atom stereocenters. The summed E-state index contributed by atoms with van der Waals surface area (Å²) in [5, 5.41) is 23.3. The van der Waals surface area contributed by atoms with E-state index in [1.54, 1.807) is 18.2 Å². The molecule has 0 saturated heterocycles. The topological polar surface area (TPSA) is 131 Å². The number of aliphatic hydroxyl groups excluding tert-OH is 1. The summed E-state index contributed by atoms with van der Waals surface area (Å²) in [6, 6.07) is 17.7. The maximum absolute atomic E-state index is 13.1. The summed E-state index contributed by atoms with van der Waals surface area (Å²) in [4.78, 5) is 12.4. The molecule has 0 saturated carbocycles. The molecular formula is C22H19N5O4S. The van der Waals surface area contributed by atoms with Crippen LogP contribution in [0, 0.1) is 0 Å². The molecule has 2 heterocycles. The Morgan fingerprint density at radius 1 is 1.00 bits per heavy atom. The summed E-state index contributed by atoms with van der Waals surface area (Å²) in [5.74, 6) is -1.26. The minimum absolute atomic E-state index is 0.113. The molecule has 0 aliphatic heterocycles. The van der Waals surface area contributed by atoms with Gasteiger partial charge in [0.1, 0.15) is 5.76 Å². The van der Waals surface area contributed by atoms with E-state index in [2.05, 4.69) is 20.6 Å². The highest BCUT2D eigenvalue weighted by Gasteiger charge is 2.21. The summed E-state index contributed by atoms with van der Waals surface area (Å²) in [6.45, 7) is 0. The second-order valence-electron chi connectivity index (χ2n) is 6.96. The van der Waals surface area contributed by atoms with Gasteiger partial charge in [-0.1, -0.05) is 48.5 Å². The minimum Gasteiger partial charge on any atom is -0.507 e. The highest BCUT2D eigenvalue weighted by molar-refractivity contribution is 7.90. The summed E-state index contributed by atoms with van der Waals surface area (Å²) >= 11 is 0. The number of aromatic amines is 1. The number of H-pyrrole nitrogens is 1. The molecule has 0 amide bonds. The molecular weight excluding hydrogens is 430 g/mol. The van der Waals surface area contributed by atoms with E-state index in [1.165, 1.54) is 24.5 Å². The first-order valence-corrected chi connectivity index (χ1v) is 11.1. The van der Waals surface area contributed by atoms with E-state index in [9.17, 15) is 18.3 Å². The van der Waals surface area contributed by atoms with Crippen LogP contribution in [-0.2, 0) is 22.9 Å². The van der Waals surface area contributed by atoms with Crippen LogP contribution in [0.2, 0.25) is 0 Å². The third-order valence-electron chi connectivity index (χ3n) is 4.84. The predicted octanol–water partition coefficient (Wildman–Crippen LogP) is 2.81. The highest BCUT2D eigenvalue weighted by Crippen LogP contribution is 2.24. The third kappa shape index (κ3) is 4.49. The summed E-state index contributed by atoms with van der Waals surface area (Å²) in [6.07, 6.45) is 4.79. The molecule has 0 spiro atoms. The molecule has 32 heavy (non-hydrogen) atoms. The maximum atomic E-state index is 13.1. The normalized spacial score (nSPS) is 12.1. The number of aliphatic hydroxyl groups is 1. The van der Waals surface area contributed by atoms with Crippen LogP contribution in [0.15, 0.2) is 84.0 Å². The third-order valence-corrected chi connectivity index (χ3v) is 6.47. The van der Waals surface area contributed by atoms with Crippen molar-refractivity contribution in [3.05, 3.63) is 102 Å². The summed E-state index contributed by atoms with van der Waals surface area (Å²) in [7, 11) is -3.88. The fourth-order valence-corrected chi connectivity index (χ4v) is 4.46. The van der Waals surface area contributed by atoms with Crippen molar-refractivity contribution >= 4 is 21.6 Å². The first-order valence-electron chi connectivity index (χ1n) is 9.69. The van der Waals surface area contributed by atoms with E-state index in [0.29, 0.717) is 18.4 Å². The molecule has 10 heteroatoms. The van der Waals surface area contributed by atoms with Crippen LogP contribution in [0.5, 0.6) is 0 Å². The average molecular weight is 449 g/mol. The van der Waals surface area contributed by atoms with Gasteiger partial charge in [-0.3, -0.25) is 4.79 Å². The summed E-state index contributed by atoms with van der Waals surface area (Å²) in [5.41, 5.74) is 1.86. The number of carbonyl (C=O) groups excluding carboxylic acids is 1. The number of ketones is 1. The second-order valence-corrected chi connectivity index (χ2v) is 8.80. The molecule has 0 aliphatic rings. The molecule has 2 aromatic carbocycles. The van der Waals surface area contributed by atoms with Gasteiger partial charge in [0.25, 0.3) is 10.0 Å². The first-order chi connectivity index (χ1) is 15.4. The van der Waals surface area contributed by atoms with Crippen LogP contribution in [0.25, 0.3) is 5.76 Å². The molecule has 162 valence electrons. The van der Waals surface area contributed by atoms with Gasteiger partial charge in [-0.2, -0.15) is 5.21 Å². The van der Waals surface area contributed by atoms with Crippen LogP contribution < -0.4 is 0 Å². The number of aryl methyl sites for hydroxylation is 2. The van der Waals surface area contributed by atoms with Crippen molar-refractivity contribution < 1.29 is 18.3 Å². The Bertz CT molecular complexity index is 1350. The fourth-order valence-electron chi connectivity index (χ4n) is 3.21. The average Bonchev–Trinajstić information content (AvgIpc) is 3.50. The number of tetrazole rings is 1. The number of hydrogen-bond acceptors (Lipinski definition) is 7. The Morgan fingerprint density at radius 2 is 1.69 bits per heavy atom. The van der Waals surface area contributed by atoms with Crippen LogP contribution in [0.3, 0.4) is 0 Å². The van der Waals surface area contributed by atoms with E-state index in [4.69, 9.17) is 0 Å². The monoisotopic (exact) mass is 449 g/mol. The zero-order chi connectivity index (χ0) is 22.6.